The molecule has 2 rings (SSSR count). The largest absolute Gasteiger partial charge is 0.453 e. The molecule has 0 bridgehead atoms. The van der Waals surface area contributed by atoms with Crippen LogP contribution in [0.2, 0.25) is 0 Å². The van der Waals surface area contributed by atoms with Crippen molar-refractivity contribution in [3.05, 3.63) is 56.9 Å². The Labute approximate surface area is 111 Å². The van der Waals surface area contributed by atoms with E-state index in [2.05, 4.69) is 37.9 Å². The summed E-state index contributed by atoms with van der Waals surface area (Å²) < 4.78 is 7.23. The van der Waals surface area contributed by atoms with Crippen molar-refractivity contribution in [2.75, 3.05) is 0 Å². The van der Waals surface area contributed by atoms with Gasteiger partial charge in [-0.15, -0.1) is 0 Å². The Hall–Kier alpha value is -0.580. The Kier molecular flexibility index (Phi) is 3.84. The van der Waals surface area contributed by atoms with Crippen molar-refractivity contribution in [1.82, 2.24) is 0 Å². The Bertz CT molecular complexity index is 481. The van der Waals surface area contributed by atoms with Crippen molar-refractivity contribution in [2.24, 2.45) is 5.73 Å². The average molecular weight is 345 g/mol. The van der Waals surface area contributed by atoms with Gasteiger partial charge in [0, 0.05) is 4.47 Å². The predicted molar refractivity (Wildman–Crippen MR) is 71.2 cm³/mol. The van der Waals surface area contributed by atoms with Crippen LogP contribution >= 0.6 is 31.9 Å². The monoisotopic (exact) mass is 343 g/mol. The Balaban J connectivity index is 2.13. The van der Waals surface area contributed by atoms with E-state index < -0.39 is 0 Å². The van der Waals surface area contributed by atoms with E-state index in [9.17, 15) is 0 Å². The van der Waals surface area contributed by atoms with Gasteiger partial charge in [-0.1, -0.05) is 34.1 Å². The minimum absolute atomic E-state index is 0.120. The molecule has 1 unspecified atom stereocenters. The molecule has 2 aromatic rings. The van der Waals surface area contributed by atoms with E-state index in [0.29, 0.717) is 4.67 Å². The summed E-state index contributed by atoms with van der Waals surface area (Å²) in [7, 11) is 0. The van der Waals surface area contributed by atoms with E-state index in [1.807, 2.05) is 30.3 Å². The number of furan rings is 1. The highest BCUT2D eigenvalue weighted by atomic mass is 79.9. The van der Waals surface area contributed by atoms with Crippen molar-refractivity contribution in [1.29, 1.82) is 0 Å². The molecule has 1 atom stereocenters. The van der Waals surface area contributed by atoms with Crippen LogP contribution in [0.25, 0.3) is 0 Å². The fourth-order valence-electron chi connectivity index (χ4n) is 1.53. The topological polar surface area (TPSA) is 39.2 Å². The summed E-state index contributed by atoms with van der Waals surface area (Å²) in [6.45, 7) is 0. The maximum Gasteiger partial charge on any atom is 0.169 e. The van der Waals surface area contributed by atoms with Crippen LogP contribution in [0.4, 0.5) is 0 Å². The lowest BCUT2D eigenvalue weighted by Gasteiger charge is -2.10. The molecule has 0 aliphatic rings. The van der Waals surface area contributed by atoms with E-state index in [1.165, 1.54) is 5.56 Å². The summed E-state index contributed by atoms with van der Waals surface area (Å²) in [6.07, 6.45) is 0.751. The molecule has 1 aromatic carbocycles. The molecule has 16 heavy (non-hydrogen) atoms. The van der Waals surface area contributed by atoms with E-state index in [1.54, 1.807) is 0 Å². The van der Waals surface area contributed by atoms with Gasteiger partial charge in [0.25, 0.3) is 0 Å². The van der Waals surface area contributed by atoms with Crippen LogP contribution in [0.15, 0.2) is 50.0 Å². The highest BCUT2D eigenvalue weighted by Gasteiger charge is 2.12. The van der Waals surface area contributed by atoms with Crippen molar-refractivity contribution in [3.63, 3.8) is 0 Å². The lowest BCUT2D eigenvalue weighted by molar-refractivity contribution is 0.448. The van der Waals surface area contributed by atoms with Crippen LogP contribution in [-0.2, 0) is 6.42 Å². The number of rotatable bonds is 3. The van der Waals surface area contributed by atoms with Crippen LogP contribution in [0, 0.1) is 0 Å². The molecular formula is C12H11Br2NO. The molecule has 84 valence electrons. The van der Waals surface area contributed by atoms with Gasteiger partial charge in [-0.3, -0.25) is 0 Å². The molecular weight excluding hydrogens is 334 g/mol. The number of hydrogen-bond donors (Lipinski definition) is 1. The lowest BCUT2D eigenvalue weighted by atomic mass is 10.1. The summed E-state index contributed by atoms with van der Waals surface area (Å²) in [5.74, 6) is 0.794. The van der Waals surface area contributed by atoms with Crippen molar-refractivity contribution < 1.29 is 4.42 Å². The smallest absolute Gasteiger partial charge is 0.169 e. The molecule has 1 aromatic heterocycles. The van der Waals surface area contributed by atoms with Crippen molar-refractivity contribution >= 4 is 31.9 Å². The highest BCUT2D eigenvalue weighted by Crippen LogP contribution is 2.24. The third-order valence-corrected chi connectivity index (χ3v) is 3.56. The first kappa shape index (κ1) is 11.9. The van der Waals surface area contributed by atoms with E-state index in [-0.39, 0.29) is 6.04 Å². The van der Waals surface area contributed by atoms with Gasteiger partial charge < -0.3 is 10.2 Å². The molecule has 2 N–H and O–H groups in total. The van der Waals surface area contributed by atoms with Gasteiger partial charge in [-0.2, -0.15) is 0 Å². The van der Waals surface area contributed by atoms with Crippen molar-refractivity contribution in [3.8, 4) is 0 Å². The first-order valence-corrected chi connectivity index (χ1v) is 6.49. The van der Waals surface area contributed by atoms with E-state index in [4.69, 9.17) is 10.2 Å². The van der Waals surface area contributed by atoms with Crippen molar-refractivity contribution in [2.45, 2.75) is 12.5 Å². The molecule has 0 amide bonds. The molecule has 0 aliphatic carbocycles. The van der Waals surface area contributed by atoms with Gasteiger partial charge in [-0.05, 0) is 46.1 Å². The molecule has 1 heterocycles. The zero-order chi connectivity index (χ0) is 11.5. The van der Waals surface area contributed by atoms with Gasteiger partial charge in [0.2, 0.25) is 0 Å². The number of hydrogen-bond acceptors (Lipinski definition) is 2. The second-order valence-electron chi connectivity index (χ2n) is 3.54. The molecule has 0 fully saturated rings. The van der Waals surface area contributed by atoms with E-state index >= 15 is 0 Å². The molecule has 4 heteroatoms. The summed E-state index contributed by atoms with van der Waals surface area (Å²) >= 11 is 6.78. The van der Waals surface area contributed by atoms with Crippen LogP contribution in [-0.4, -0.2) is 0 Å². The maximum absolute atomic E-state index is 6.07. The molecule has 0 aliphatic heterocycles. The summed E-state index contributed by atoms with van der Waals surface area (Å²) in [4.78, 5) is 0. The van der Waals surface area contributed by atoms with Crippen LogP contribution in [0.3, 0.4) is 0 Å². The zero-order valence-electron chi connectivity index (χ0n) is 8.49. The predicted octanol–water partition coefficient (Wildman–Crippen LogP) is 4.05. The fourth-order valence-corrected chi connectivity index (χ4v) is 2.29. The van der Waals surface area contributed by atoms with Gasteiger partial charge >= 0.3 is 0 Å². The summed E-state index contributed by atoms with van der Waals surface area (Å²) in [6, 6.07) is 11.7. The third-order valence-electron chi connectivity index (χ3n) is 2.36. The fraction of sp³-hybridized carbons (Fsp3) is 0.167. The summed E-state index contributed by atoms with van der Waals surface area (Å²) in [5, 5.41) is 0. The minimum Gasteiger partial charge on any atom is -0.453 e. The number of nitrogens with two attached hydrogens (primary N) is 1. The molecule has 0 spiro atoms. The van der Waals surface area contributed by atoms with Gasteiger partial charge in [-0.25, -0.2) is 0 Å². The first-order valence-electron chi connectivity index (χ1n) is 4.91. The van der Waals surface area contributed by atoms with E-state index in [0.717, 1.165) is 16.7 Å². The van der Waals surface area contributed by atoms with Gasteiger partial charge in [0.05, 0.1) is 6.04 Å². The van der Waals surface area contributed by atoms with Crippen LogP contribution < -0.4 is 5.73 Å². The molecule has 0 saturated heterocycles. The van der Waals surface area contributed by atoms with Crippen LogP contribution in [0.1, 0.15) is 17.4 Å². The molecule has 2 nitrogen and oxygen atoms in total. The number of halogens is 2. The maximum atomic E-state index is 6.07. The molecule has 0 radical (unpaired) electrons. The zero-order valence-corrected chi connectivity index (χ0v) is 11.7. The van der Waals surface area contributed by atoms with Crippen LogP contribution in [0.5, 0.6) is 0 Å². The average Bonchev–Trinajstić information content (AvgIpc) is 2.68. The standard InChI is InChI=1S/C12H11Br2NO/c13-9-4-2-1-3-8(9)7-10(15)11-5-6-12(14)16-11/h1-6,10H,7,15H2. The summed E-state index contributed by atoms with van der Waals surface area (Å²) in [5.41, 5.74) is 7.26. The minimum atomic E-state index is -0.120. The highest BCUT2D eigenvalue weighted by molar-refractivity contribution is 9.10. The SMILES string of the molecule is NC(Cc1ccccc1Br)c1ccc(Br)o1. The Morgan fingerprint density at radius 2 is 1.88 bits per heavy atom. The Morgan fingerprint density at radius 3 is 2.50 bits per heavy atom. The second-order valence-corrected chi connectivity index (χ2v) is 5.18. The lowest BCUT2D eigenvalue weighted by Crippen LogP contribution is -2.12. The van der Waals surface area contributed by atoms with Gasteiger partial charge in [0.15, 0.2) is 4.67 Å². The second kappa shape index (κ2) is 5.17. The Morgan fingerprint density at radius 1 is 1.12 bits per heavy atom. The quantitative estimate of drug-likeness (QED) is 0.912. The van der Waals surface area contributed by atoms with Gasteiger partial charge in [0.1, 0.15) is 5.76 Å². The molecule has 0 saturated carbocycles. The normalized spacial score (nSPS) is 12.7. The number of benzene rings is 1. The first-order chi connectivity index (χ1) is 7.66. The third kappa shape index (κ3) is 2.75.